The van der Waals surface area contributed by atoms with Crippen LogP contribution in [0.3, 0.4) is 0 Å². The van der Waals surface area contributed by atoms with E-state index in [-0.39, 0.29) is 17.9 Å². The standard InChI is InChI=1S/C21H25NO4/c1-4-25-21(24)19(13-16-8-6-5-7-9-16)22(17-10-11-17)20(23)18-12-14(2)26-15(18)3/h5-9,12,17,19H,4,10-11,13H2,1-3H3. The third kappa shape index (κ3) is 3.98. The fourth-order valence-corrected chi connectivity index (χ4v) is 3.27. The summed E-state index contributed by atoms with van der Waals surface area (Å²) < 4.78 is 10.8. The Bertz CT molecular complexity index is 777. The molecule has 1 saturated carbocycles. The molecule has 1 aromatic heterocycles. The number of carbonyl (C=O) groups excluding carboxylic acids is 2. The first-order chi connectivity index (χ1) is 12.5. The molecule has 0 N–H and O–H groups in total. The maximum Gasteiger partial charge on any atom is 0.329 e. The molecule has 5 nitrogen and oxygen atoms in total. The summed E-state index contributed by atoms with van der Waals surface area (Å²) in [4.78, 5) is 27.7. The third-order valence-electron chi connectivity index (χ3n) is 4.61. The molecule has 1 fully saturated rings. The van der Waals surface area contributed by atoms with E-state index in [4.69, 9.17) is 9.15 Å². The second kappa shape index (κ2) is 7.77. The van der Waals surface area contributed by atoms with Gasteiger partial charge in [0.25, 0.3) is 5.91 Å². The fraction of sp³-hybridized carbons (Fsp3) is 0.429. The molecule has 1 aromatic carbocycles. The number of furan rings is 1. The molecule has 3 rings (SSSR count). The molecule has 2 aromatic rings. The van der Waals surface area contributed by atoms with E-state index in [0.29, 0.717) is 30.1 Å². The van der Waals surface area contributed by atoms with Crippen molar-refractivity contribution in [2.75, 3.05) is 6.61 Å². The molecule has 0 bridgehead atoms. The maximum atomic E-state index is 13.3. The Hall–Kier alpha value is -2.56. The Morgan fingerprint density at radius 3 is 2.46 bits per heavy atom. The van der Waals surface area contributed by atoms with Crippen LogP contribution in [0.2, 0.25) is 0 Å². The van der Waals surface area contributed by atoms with Gasteiger partial charge in [-0.2, -0.15) is 0 Å². The van der Waals surface area contributed by atoms with Crippen molar-refractivity contribution in [3.05, 3.63) is 59.0 Å². The number of hydrogen-bond acceptors (Lipinski definition) is 4. The maximum absolute atomic E-state index is 13.3. The predicted octanol–water partition coefficient (Wildman–Crippen LogP) is 3.68. The van der Waals surface area contributed by atoms with E-state index in [2.05, 4.69) is 0 Å². The van der Waals surface area contributed by atoms with Gasteiger partial charge in [-0.15, -0.1) is 0 Å². The summed E-state index contributed by atoms with van der Waals surface area (Å²) in [6.07, 6.45) is 2.26. The van der Waals surface area contributed by atoms with Gasteiger partial charge in [-0.05, 0) is 45.2 Å². The Morgan fingerprint density at radius 2 is 1.92 bits per heavy atom. The van der Waals surface area contributed by atoms with Gasteiger partial charge in [0.2, 0.25) is 0 Å². The van der Waals surface area contributed by atoms with Gasteiger partial charge in [-0.1, -0.05) is 30.3 Å². The third-order valence-corrected chi connectivity index (χ3v) is 4.61. The second-order valence-electron chi connectivity index (χ2n) is 6.73. The van der Waals surface area contributed by atoms with Crippen molar-refractivity contribution in [3.8, 4) is 0 Å². The molecule has 1 unspecified atom stereocenters. The Kier molecular flexibility index (Phi) is 5.45. The van der Waals surface area contributed by atoms with E-state index in [0.717, 1.165) is 18.4 Å². The van der Waals surface area contributed by atoms with Crippen molar-refractivity contribution >= 4 is 11.9 Å². The summed E-state index contributed by atoms with van der Waals surface area (Å²) in [5.41, 5.74) is 1.53. The lowest BCUT2D eigenvalue weighted by Crippen LogP contribution is -2.48. The van der Waals surface area contributed by atoms with Crippen LogP contribution in [0, 0.1) is 13.8 Å². The van der Waals surface area contributed by atoms with Crippen molar-refractivity contribution in [3.63, 3.8) is 0 Å². The summed E-state index contributed by atoms with van der Waals surface area (Å²) in [5.74, 6) is 0.767. The van der Waals surface area contributed by atoms with Crippen LogP contribution < -0.4 is 0 Å². The minimum atomic E-state index is -0.632. The lowest BCUT2D eigenvalue weighted by atomic mass is 10.0. The highest BCUT2D eigenvalue weighted by atomic mass is 16.5. The number of ether oxygens (including phenoxy) is 1. The van der Waals surface area contributed by atoms with Crippen molar-refractivity contribution in [2.45, 2.75) is 52.1 Å². The van der Waals surface area contributed by atoms with E-state index in [9.17, 15) is 9.59 Å². The number of hydrogen-bond donors (Lipinski definition) is 0. The quantitative estimate of drug-likeness (QED) is 0.711. The minimum Gasteiger partial charge on any atom is -0.466 e. The summed E-state index contributed by atoms with van der Waals surface area (Å²) >= 11 is 0. The van der Waals surface area contributed by atoms with E-state index in [1.807, 2.05) is 37.3 Å². The summed E-state index contributed by atoms with van der Waals surface area (Å²) in [6, 6.07) is 10.9. The number of carbonyl (C=O) groups is 2. The van der Waals surface area contributed by atoms with Crippen LogP contribution in [0.5, 0.6) is 0 Å². The van der Waals surface area contributed by atoms with Crippen molar-refractivity contribution < 1.29 is 18.7 Å². The largest absolute Gasteiger partial charge is 0.466 e. The van der Waals surface area contributed by atoms with Crippen LogP contribution in [0.1, 0.15) is 47.2 Å². The van der Waals surface area contributed by atoms with Crippen molar-refractivity contribution in [1.29, 1.82) is 0 Å². The first-order valence-corrected chi connectivity index (χ1v) is 9.11. The molecular formula is C21H25NO4. The van der Waals surface area contributed by atoms with Crippen LogP contribution in [0.4, 0.5) is 0 Å². The summed E-state index contributed by atoms with van der Waals surface area (Å²) in [7, 11) is 0. The molecule has 0 radical (unpaired) electrons. The fourth-order valence-electron chi connectivity index (χ4n) is 3.27. The number of nitrogens with zero attached hydrogens (tertiary/aromatic N) is 1. The average Bonchev–Trinajstić information content (AvgIpc) is 3.39. The highest BCUT2D eigenvalue weighted by Gasteiger charge is 2.42. The van der Waals surface area contributed by atoms with E-state index in [1.54, 1.807) is 24.8 Å². The number of esters is 1. The first-order valence-electron chi connectivity index (χ1n) is 9.11. The molecule has 1 aliphatic rings. The topological polar surface area (TPSA) is 59.8 Å². The highest BCUT2D eigenvalue weighted by molar-refractivity contribution is 5.98. The molecule has 5 heteroatoms. The van der Waals surface area contributed by atoms with Crippen LogP contribution in [0.25, 0.3) is 0 Å². The molecule has 0 spiro atoms. The van der Waals surface area contributed by atoms with Gasteiger partial charge in [-0.25, -0.2) is 4.79 Å². The van der Waals surface area contributed by atoms with Gasteiger partial charge >= 0.3 is 5.97 Å². The van der Waals surface area contributed by atoms with E-state index >= 15 is 0 Å². The second-order valence-corrected chi connectivity index (χ2v) is 6.73. The average molecular weight is 355 g/mol. The molecule has 138 valence electrons. The lowest BCUT2D eigenvalue weighted by molar-refractivity contribution is -0.148. The molecule has 1 heterocycles. The van der Waals surface area contributed by atoms with Crippen LogP contribution >= 0.6 is 0 Å². The minimum absolute atomic E-state index is 0.0789. The van der Waals surface area contributed by atoms with Gasteiger partial charge in [0.1, 0.15) is 17.6 Å². The SMILES string of the molecule is CCOC(=O)C(Cc1ccccc1)N(C(=O)c1cc(C)oc1C)C1CC1. The smallest absolute Gasteiger partial charge is 0.329 e. The Morgan fingerprint density at radius 1 is 1.23 bits per heavy atom. The van der Waals surface area contributed by atoms with Gasteiger partial charge in [-0.3, -0.25) is 4.79 Å². The van der Waals surface area contributed by atoms with Crippen molar-refractivity contribution in [2.24, 2.45) is 0 Å². The normalized spacial score (nSPS) is 14.7. The Labute approximate surface area is 153 Å². The molecule has 0 saturated heterocycles. The molecule has 1 amide bonds. The number of rotatable bonds is 7. The monoisotopic (exact) mass is 355 g/mol. The molecule has 0 aliphatic heterocycles. The molecule has 1 atom stereocenters. The first kappa shape index (κ1) is 18.2. The van der Waals surface area contributed by atoms with Gasteiger partial charge < -0.3 is 14.1 Å². The number of amides is 1. The van der Waals surface area contributed by atoms with Crippen molar-refractivity contribution in [1.82, 2.24) is 4.90 Å². The predicted molar refractivity (Wildman–Crippen MR) is 97.9 cm³/mol. The zero-order valence-corrected chi connectivity index (χ0v) is 15.5. The Balaban J connectivity index is 1.93. The molecule has 1 aliphatic carbocycles. The zero-order valence-electron chi connectivity index (χ0n) is 15.5. The summed E-state index contributed by atoms with van der Waals surface area (Å²) in [6.45, 7) is 5.67. The molecular weight excluding hydrogens is 330 g/mol. The zero-order chi connectivity index (χ0) is 18.7. The highest BCUT2D eigenvalue weighted by Crippen LogP contribution is 2.32. The van der Waals surface area contributed by atoms with Gasteiger partial charge in [0.15, 0.2) is 0 Å². The van der Waals surface area contributed by atoms with Gasteiger partial charge in [0, 0.05) is 12.5 Å². The van der Waals surface area contributed by atoms with Crippen LogP contribution in [-0.2, 0) is 16.0 Å². The van der Waals surface area contributed by atoms with Gasteiger partial charge in [0.05, 0.1) is 12.2 Å². The summed E-state index contributed by atoms with van der Waals surface area (Å²) in [5, 5.41) is 0. The van der Waals surface area contributed by atoms with Crippen LogP contribution in [-0.4, -0.2) is 35.5 Å². The molecule has 26 heavy (non-hydrogen) atoms. The lowest BCUT2D eigenvalue weighted by Gasteiger charge is -2.30. The van der Waals surface area contributed by atoms with Crippen LogP contribution in [0.15, 0.2) is 40.8 Å². The van der Waals surface area contributed by atoms with E-state index < -0.39 is 6.04 Å². The van der Waals surface area contributed by atoms with E-state index in [1.165, 1.54) is 0 Å². The number of benzene rings is 1. The number of aryl methyl sites for hydroxylation is 2.